The molecule has 22 heavy (non-hydrogen) atoms. The molecule has 1 aliphatic rings. The molecule has 118 valence electrons. The van der Waals surface area contributed by atoms with Gasteiger partial charge in [0.1, 0.15) is 11.6 Å². The van der Waals surface area contributed by atoms with Crippen LogP contribution in [0, 0.1) is 11.6 Å². The number of nitrogens with two attached hydrogens (primary N) is 1. The number of nitrogens with zero attached hydrogens (tertiary/aromatic N) is 1. The van der Waals surface area contributed by atoms with Gasteiger partial charge < -0.3 is 10.6 Å². The van der Waals surface area contributed by atoms with Crippen molar-refractivity contribution in [1.29, 1.82) is 0 Å². The number of carbonyl (C=O) groups excluding carboxylic acids is 2. The lowest BCUT2D eigenvalue weighted by Crippen LogP contribution is -2.43. The smallest absolute Gasteiger partial charge is 0.247 e. The van der Waals surface area contributed by atoms with Gasteiger partial charge in [-0.2, -0.15) is 0 Å². The van der Waals surface area contributed by atoms with Crippen LogP contribution in [-0.2, 0) is 9.59 Å². The lowest BCUT2D eigenvalue weighted by atomic mass is 10.1. The van der Waals surface area contributed by atoms with E-state index in [4.69, 9.17) is 5.73 Å². The highest BCUT2D eigenvalue weighted by Crippen LogP contribution is 2.24. The predicted molar refractivity (Wildman–Crippen MR) is 78.6 cm³/mol. The highest BCUT2D eigenvalue weighted by molar-refractivity contribution is 5.94. The third kappa shape index (κ3) is 3.90. The molecule has 1 saturated carbocycles. The molecule has 1 aliphatic carbocycles. The SMILES string of the molecule is NC(=O)CN(C(=O)/C=C\c1c(F)cccc1F)C1CCCC1. The molecule has 0 heterocycles. The summed E-state index contributed by atoms with van der Waals surface area (Å²) in [6, 6.07) is 3.44. The minimum Gasteiger partial charge on any atom is -0.368 e. The van der Waals surface area contributed by atoms with Gasteiger partial charge in [-0.1, -0.05) is 18.9 Å². The molecule has 0 radical (unpaired) electrons. The largest absolute Gasteiger partial charge is 0.368 e. The molecule has 0 unspecified atom stereocenters. The fraction of sp³-hybridized carbons (Fsp3) is 0.375. The van der Waals surface area contributed by atoms with E-state index in [0.717, 1.165) is 50.0 Å². The fourth-order valence-electron chi connectivity index (χ4n) is 2.69. The maximum Gasteiger partial charge on any atom is 0.247 e. The molecule has 0 bridgehead atoms. The Balaban J connectivity index is 2.16. The number of hydrogen-bond donors (Lipinski definition) is 1. The summed E-state index contributed by atoms with van der Waals surface area (Å²) in [6.45, 7) is -0.187. The van der Waals surface area contributed by atoms with Crippen LogP contribution in [0.3, 0.4) is 0 Å². The molecule has 0 saturated heterocycles. The average molecular weight is 308 g/mol. The van der Waals surface area contributed by atoms with Gasteiger partial charge in [0.15, 0.2) is 0 Å². The molecule has 2 rings (SSSR count). The van der Waals surface area contributed by atoms with Gasteiger partial charge in [-0.15, -0.1) is 0 Å². The van der Waals surface area contributed by atoms with E-state index >= 15 is 0 Å². The molecule has 6 heteroatoms. The van der Waals surface area contributed by atoms with Gasteiger partial charge in [-0.25, -0.2) is 8.78 Å². The van der Waals surface area contributed by atoms with Crippen molar-refractivity contribution in [1.82, 2.24) is 4.90 Å². The van der Waals surface area contributed by atoms with Gasteiger partial charge in [0.05, 0.1) is 6.54 Å². The Bertz CT molecular complexity index is 576. The minimum atomic E-state index is -0.744. The Morgan fingerprint density at radius 2 is 1.82 bits per heavy atom. The summed E-state index contributed by atoms with van der Waals surface area (Å²) in [5.74, 6) is -2.56. The molecule has 2 amide bonds. The number of carbonyl (C=O) groups is 2. The number of primary amides is 1. The molecule has 0 aromatic heterocycles. The van der Waals surface area contributed by atoms with Crippen molar-refractivity contribution in [3.63, 3.8) is 0 Å². The summed E-state index contributed by atoms with van der Waals surface area (Å²) in [7, 11) is 0. The maximum atomic E-state index is 13.5. The molecular weight excluding hydrogens is 290 g/mol. The number of amides is 2. The van der Waals surface area contributed by atoms with Crippen LogP contribution in [0.4, 0.5) is 8.78 Å². The zero-order chi connectivity index (χ0) is 16.1. The van der Waals surface area contributed by atoms with Gasteiger partial charge in [0, 0.05) is 17.7 Å². The lowest BCUT2D eigenvalue weighted by molar-refractivity contribution is -0.133. The summed E-state index contributed by atoms with van der Waals surface area (Å²) in [6.07, 6.45) is 5.76. The van der Waals surface area contributed by atoms with Crippen LogP contribution in [0.1, 0.15) is 31.2 Å². The normalized spacial score (nSPS) is 15.4. The fourth-order valence-corrected chi connectivity index (χ4v) is 2.69. The summed E-state index contributed by atoms with van der Waals surface area (Å²) < 4.78 is 27.0. The van der Waals surface area contributed by atoms with Gasteiger partial charge in [-0.05, 0) is 31.1 Å². The van der Waals surface area contributed by atoms with Crippen molar-refractivity contribution in [2.75, 3.05) is 6.54 Å². The summed E-state index contributed by atoms with van der Waals surface area (Å²) >= 11 is 0. The first kappa shape index (κ1) is 16.1. The van der Waals surface area contributed by atoms with E-state index in [1.54, 1.807) is 0 Å². The third-order valence-corrected chi connectivity index (χ3v) is 3.77. The van der Waals surface area contributed by atoms with Crippen LogP contribution in [0.2, 0.25) is 0 Å². The molecule has 1 aromatic rings. The monoisotopic (exact) mass is 308 g/mol. The van der Waals surface area contributed by atoms with E-state index in [0.29, 0.717) is 0 Å². The van der Waals surface area contributed by atoms with Crippen LogP contribution in [0.5, 0.6) is 0 Å². The molecule has 4 nitrogen and oxygen atoms in total. The summed E-state index contributed by atoms with van der Waals surface area (Å²) in [5, 5.41) is 0. The Labute approximate surface area is 127 Å². The predicted octanol–water partition coefficient (Wildman–Crippen LogP) is 2.23. The number of halogens is 2. The van der Waals surface area contributed by atoms with Crippen LogP contribution in [0.25, 0.3) is 6.08 Å². The van der Waals surface area contributed by atoms with E-state index in [1.165, 1.54) is 11.0 Å². The molecule has 0 aliphatic heterocycles. The Hall–Kier alpha value is -2.24. The van der Waals surface area contributed by atoms with Crippen LogP contribution in [0.15, 0.2) is 24.3 Å². The van der Waals surface area contributed by atoms with Crippen molar-refractivity contribution >= 4 is 17.9 Å². The standard InChI is InChI=1S/C16H18F2N2O2/c17-13-6-3-7-14(18)12(13)8-9-16(22)20(10-15(19)21)11-4-1-2-5-11/h3,6-9,11H,1-2,4-5,10H2,(H2,19,21)/b9-8-. The van der Waals surface area contributed by atoms with Gasteiger partial charge in [0.2, 0.25) is 11.8 Å². The second-order valence-electron chi connectivity index (χ2n) is 5.34. The Morgan fingerprint density at radius 1 is 1.23 bits per heavy atom. The average Bonchev–Trinajstić information content (AvgIpc) is 2.97. The van der Waals surface area contributed by atoms with Crippen molar-refractivity contribution < 1.29 is 18.4 Å². The topological polar surface area (TPSA) is 63.4 Å². The molecule has 1 fully saturated rings. The van der Waals surface area contributed by atoms with Crippen LogP contribution in [-0.4, -0.2) is 29.3 Å². The maximum absolute atomic E-state index is 13.5. The van der Waals surface area contributed by atoms with E-state index in [-0.39, 0.29) is 18.2 Å². The van der Waals surface area contributed by atoms with Gasteiger partial charge >= 0.3 is 0 Å². The summed E-state index contributed by atoms with van der Waals surface area (Å²) in [4.78, 5) is 24.8. The number of benzene rings is 1. The van der Waals surface area contributed by atoms with Crippen molar-refractivity contribution in [3.05, 3.63) is 41.5 Å². The van der Waals surface area contributed by atoms with Crippen molar-refractivity contribution in [2.24, 2.45) is 5.73 Å². The first-order chi connectivity index (χ1) is 10.5. The highest BCUT2D eigenvalue weighted by Gasteiger charge is 2.26. The third-order valence-electron chi connectivity index (χ3n) is 3.77. The first-order valence-corrected chi connectivity index (χ1v) is 7.20. The molecule has 0 spiro atoms. The highest BCUT2D eigenvalue weighted by atomic mass is 19.1. The summed E-state index contributed by atoms with van der Waals surface area (Å²) in [5.41, 5.74) is 4.90. The Morgan fingerprint density at radius 3 is 2.36 bits per heavy atom. The first-order valence-electron chi connectivity index (χ1n) is 7.20. The van der Waals surface area contributed by atoms with E-state index in [1.807, 2.05) is 0 Å². The van der Waals surface area contributed by atoms with Gasteiger partial charge in [0.25, 0.3) is 0 Å². The number of hydrogen-bond acceptors (Lipinski definition) is 2. The van der Waals surface area contributed by atoms with Crippen LogP contribution >= 0.6 is 0 Å². The van der Waals surface area contributed by atoms with Gasteiger partial charge in [-0.3, -0.25) is 9.59 Å². The molecule has 1 aromatic carbocycles. The van der Waals surface area contributed by atoms with E-state index < -0.39 is 23.4 Å². The number of rotatable bonds is 5. The van der Waals surface area contributed by atoms with Crippen LogP contribution < -0.4 is 5.73 Å². The molecular formula is C16H18F2N2O2. The lowest BCUT2D eigenvalue weighted by Gasteiger charge is -2.26. The zero-order valence-corrected chi connectivity index (χ0v) is 12.1. The van der Waals surface area contributed by atoms with E-state index in [2.05, 4.69) is 0 Å². The quantitative estimate of drug-likeness (QED) is 0.848. The molecule has 0 atom stereocenters. The second-order valence-corrected chi connectivity index (χ2v) is 5.34. The Kier molecular flexibility index (Phi) is 5.25. The molecule has 2 N–H and O–H groups in total. The zero-order valence-electron chi connectivity index (χ0n) is 12.1. The van der Waals surface area contributed by atoms with E-state index in [9.17, 15) is 18.4 Å². The second kappa shape index (κ2) is 7.15. The minimum absolute atomic E-state index is 0.0462. The van der Waals surface area contributed by atoms with Crippen molar-refractivity contribution in [2.45, 2.75) is 31.7 Å². The van der Waals surface area contributed by atoms with Crippen molar-refractivity contribution in [3.8, 4) is 0 Å².